The number of likely N-dealkylation sites (tertiary alicyclic amines) is 2. The maximum absolute atomic E-state index is 13.6. The van der Waals surface area contributed by atoms with Crippen molar-refractivity contribution in [3.63, 3.8) is 0 Å². The van der Waals surface area contributed by atoms with Crippen molar-refractivity contribution in [3.8, 4) is 17.3 Å². The van der Waals surface area contributed by atoms with E-state index in [9.17, 15) is 9.90 Å². The standard InChI is InChI=1S/C26H30N4O2/c27-16-20-10-12-28-24(14-20)21-8-6-19(7-9-21)17-29-18-23(31)15-26(29)11-13-30(25(26)32)22-4-2-1-3-5-22/h6-10,12,14,22-23,31H,1-5,11,13,15,17-18H2/t23-,26?/m1/s1. The number of amides is 1. The van der Waals surface area contributed by atoms with Crippen LogP contribution in [0.4, 0.5) is 0 Å². The molecule has 1 aromatic heterocycles. The maximum Gasteiger partial charge on any atom is 0.243 e. The number of carbonyl (C=O) groups excluding carboxylic acids is 1. The van der Waals surface area contributed by atoms with E-state index >= 15 is 0 Å². The predicted octanol–water partition coefficient (Wildman–Crippen LogP) is 3.49. The van der Waals surface area contributed by atoms with Crippen LogP contribution in [-0.4, -0.2) is 56.6 Å². The third-order valence-corrected chi connectivity index (χ3v) is 7.56. The number of pyridine rings is 1. The van der Waals surface area contributed by atoms with Gasteiger partial charge >= 0.3 is 0 Å². The van der Waals surface area contributed by atoms with Crippen molar-refractivity contribution in [2.75, 3.05) is 13.1 Å². The van der Waals surface area contributed by atoms with Gasteiger partial charge in [0.15, 0.2) is 0 Å². The number of β-amino-alcohol motifs (C(OH)–C–C–N with tert-alkyl or cyclic N) is 1. The number of aromatic nitrogens is 1. The summed E-state index contributed by atoms with van der Waals surface area (Å²) < 4.78 is 0. The summed E-state index contributed by atoms with van der Waals surface area (Å²) in [4.78, 5) is 22.3. The fourth-order valence-electron chi connectivity index (χ4n) is 5.89. The summed E-state index contributed by atoms with van der Waals surface area (Å²) in [5, 5.41) is 19.6. The first-order valence-corrected chi connectivity index (χ1v) is 11.8. The summed E-state index contributed by atoms with van der Waals surface area (Å²) in [6.07, 6.45) is 8.49. The molecule has 1 unspecified atom stereocenters. The second-order valence-corrected chi connectivity index (χ2v) is 9.55. The second kappa shape index (κ2) is 8.65. The van der Waals surface area contributed by atoms with Gasteiger partial charge in [0.2, 0.25) is 5.91 Å². The molecule has 0 radical (unpaired) electrons. The smallest absolute Gasteiger partial charge is 0.243 e. The molecular formula is C26H30N4O2. The average molecular weight is 431 g/mol. The normalized spacial score (nSPS) is 26.7. The Labute approximate surface area is 189 Å². The topological polar surface area (TPSA) is 80.5 Å². The van der Waals surface area contributed by atoms with Crippen LogP contribution in [0, 0.1) is 11.3 Å². The van der Waals surface area contributed by atoms with E-state index in [0.29, 0.717) is 31.1 Å². The SMILES string of the molecule is N#Cc1ccnc(-c2ccc(CN3C[C@H](O)CC34CCN(C3CCCCC3)C4=O)cc2)c1. The fourth-order valence-corrected chi connectivity index (χ4v) is 5.89. The molecular weight excluding hydrogens is 400 g/mol. The Morgan fingerprint density at radius 1 is 1.16 bits per heavy atom. The monoisotopic (exact) mass is 430 g/mol. The van der Waals surface area contributed by atoms with Crippen molar-refractivity contribution in [1.82, 2.24) is 14.8 Å². The number of hydrogen-bond donors (Lipinski definition) is 1. The molecule has 3 heterocycles. The number of aliphatic hydroxyl groups is 1. The van der Waals surface area contributed by atoms with Crippen molar-refractivity contribution in [2.45, 2.75) is 69.2 Å². The van der Waals surface area contributed by atoms with Crippen molar-refractivity contribution in [3.05, 3.63) is 53.7 Å². The lowest BCUT2D eigenvalue weighted by atomic mass is 9.91. The van der Waals surface area contributed by atoms with Gasteiger partial charge in [-0.3, -0.25) is 14.7 Å². The Kier molecular flexibility index (Phi) is 5.71. The van der Waals surface area contributed by atoms with Gasteiger partial charge in [0.25, 0.3) is 0 Å². The number of benzene rings is 1. The highest BCUT2D eigenvalue weighted by atomic mass is 16.3. The number of aliphatic hydroxyl groups excluding tert-OH is 1. The molecule has 3 aliphatic rings. The van der Waals surface area contributed by atoms with Gasteiger partial charge in [-0.1, -0.05) is 43.5 Å². The molecule has 2 aromatic rings. The van der Waals surface area contributed by atoms with Gasteiger partial charge in [-0.15, -0.1) is 0 Å². The van der Waals surface area contributed by atoms with Gasteiger partial charge < -0.3 is 10.0 Å². The van der Waals surface area contributed by atoms with Crippen LogP contribution in [0.2, 0.25) is 0 Å². The van der Waals surface area contributed by atoms with E-state index in [1.807, 2.05) is 12.1 Å². The Hall–Kier alpha value is -2.75. The molecule has 5 rings (SSSR count). The third kappa shape index (κ3) is 3.80. The van der Waals surface area contributed by atoms with Crippen LogP contribution in [0.1, 0.15) is 56.1 Å². The zero-order chi connectivity index (χ0) is 22.1. The van der Waals surface area contributed by atoms with Crippen LogP contribution in [0.5, 0.6) is 0 Å². The van der Waals surface area contributed by atoms with E-state index in [1.54, 1.807) is 18.3 Å². The molecule has 2 atom stereocenters. The van der Waals surface area contributed by atoms with Gasteiger partial charge in [-0.25, -0.2) is 0 Å². The molecule has 32 heavy (non-hydrogen) atoms. The Morgan fingerprint density at radius 3 is 2.69 bits per heavy atom. The number of nitriles is 1. The molecule has 1 saturated carbocycles. The number of carbonyl (C=O) groups is 1. The zero-order valence-corrected chi connectivity index (χ0v) is 18.4. The first-order chi connectivity index (χ1) is 15.6. The summed E-state index contributed by atoms with van der Waals surface area (Å²) in [6, 6.07) is 14.2. The van der Waals surface area contributed by atoms with Crippen LogP contribution in [-0.2, 0) is 11.3 Å². The molecule has 1 spiro atoms. The summed E-state index contributed by atoms with van der Waals surface area (Å²) in [6.45, 7) is 2.00. The Balaban J connectivity index is 1.33. The van der Waals surface area contributed by atoms with Gasteiger partial charge in [0.1, 0.15) is 5.54 Å². The molecule has 1 aliphatic carbocycles. The minimum absolute atomic E-state index is 0.232. The average Bonchev–Trinajstić information content (AvgIpc) is 3.33. The predicted molar refractivity (Wildman–Crippen MR) is 121 cm³/mol. The summed E-state index contributed by atoms with van der Waals surface area (Å²) >= 11 is 0. The number of nitrogens with zero attached hydrogens (tertiary/aromatic N) is 4. The van der Waals surface area contributed by atoms with Gasteiger partial charge in [-0.2, -0.15) is 5.26 Å². The van der Waals surface area contributed by atoms with Crippen LogP contribution in [0.15, 0.2) is 42.6 Å². The highest BCUT2D eigenvalue weighted by molar-refractivity contribution is 5.89. The minimum atomic E-state index is -0.557. The van der Waals surface area contributed by atoms with Gasteiger partial charge in [0, 0.05) is 43.9 Å². The number of rotatable bonds is 4. The molecule has 0 bridgehead atoms. The van der Waals surface area contributed by atoms with Crippen molar-refractivity contribution in [2.24, 2.45) is 0 Å². The van der Waals surface area contributed by atoms with Crippen LogP contribution in [0.3, 0.4) is 0 Å². The molecule has 166 valence electrons. The van der Waals surface area contributed by atoms with Crippen molar-refractivity contribution >= 4 is 5.91 Å². The third-order valence-electron chi connectivity index (χ3n) is 7.56. The van der Waals surface area contributed by atoms with Crippen LogP contribution < -0.4 is 0 Å². The molecule has 1 aromatic carbocycles. The fraction of sp³-hybridized carbons (Fsp3) is 0.500. The van der Waals surface area contributed by atoms with E-state index in [0.717, 1.165) is 42.6 Å². The maximum atomic E-state index is 13.6. The van der Waals surface area contributed by atoms with Gasteiger partial charge in [0.05, 0.1) is 23.4 Å². The van der Waals surface area contributed by atoms with Crippen LogP contribution >= 0.6 is 0 Å². The summed E-state index contributed by atoms with van der Waals surface area (Å²) in [5.41, 5.74) is 2.88. The molecule has 1 amide bonds. The van der Waals surface area contributed by atoms with E-state index in [1.165, 1.54) is 19.3 Å². The highest BCUT2D eigenvalue weighted by Crippen LogP contribution is 2.42. The molecule has 2 saturated heterocycles. The number of hydrogen-bond acceptors (Lipinski definition) is 5. The zero-order valence-electron chi connectivity index (χ0n) is 18.4. The van der Waals surface area contributed by atoms with E-state index in [2.05, 4.69) is 33.0 Å². The largest absolute Gasteiger partial charge is 0.392 e. The highest BCUT2D eigenvalue weighted by Gasteiger charge is 2.56. The summed E-state index contributed by atoms with van der Waals surface area (Å²) in [5.74, 6) is 0.232. The second-order valence-electron chi connectivity index (χ2n) is 9.55. The van der Waals surface area contributed by atoms with E-state index in [-0.39, 0.29) is 5.91 Å². The first-order valence-electron chi connectivity index (χ1n) is 11.8. The van der Waals surface area contributed by atoms with E-state index < -0.39 is 11.6 Å². The Bertz CT molecular complexity index is 1020. The first kappa shape index (κ1) is 21.1. The lowest BCUT2D eigenvalue weighted by Crippen LogP contribution is -2.51. The molecule has 1 N–H and O–H groups in total. The molecule has 3 fully saturated rings. The quantitative estimate of drug-likeness (QED) is 0.803. The van der Waals surface area contributed by atoms with Crippen molar-refractivity contribution < 1.29 is 9.90 Å². The Morgan fingerprint density at radius 2 is 1.94 bits per heavy atom. The molecule has 2 aliphatic heterocycles. The van der Waals surface area contributed by atoms with Gasteiger partial charge in [-0.05, 0) is 37.0 Å². The lowest BCUT2D eigenvalue weighted by molar-refractivity contribution is -0.139. The minimum Gasteiger partial charge on any atom is -0.392 e. The van der Waals surface area contributed by atoms with Crippen LogP contribution in [0.25, 0.3) is 11.3 Å². The van der Waals surface area contributed by atoms with Crippen molar-refractivity contribution in [1.29, 1.82) is 5.26 Å². The van der Waals surface area contributed by atoms with E-state index in [4.69, 9.17) is 5.26 Å². The molecule has 6 heteroatoms. The molecule has 6 nitrogen and oxygen atoms in total. The summed E-state index contributed by atoms with van der Waals surface area (Å²) in [7, 11) is 0. The lowest BCUT2D eigenvalue weighted by Gasteiger charge is -2.36.